The van der Waals surface area contributed by atoms with Crippen molar-refractivity contribution in [2.75, 3.05) is 39.3 Å². The first-order valence-electron chi connectivity index (χ1n) is 10.00. The van der Waals surface area contributed by atoms with Gasteiger partial charge in [0.2, 0.25) is 15.9 Å². The number of halogens is 1. The van der Waals surface area contributed by atoms with Crippen LogP contribution in [-0.4, -0.2) is 62.8 Å². The molecule has 0 spiro atoms. The van der Waals surface area contributed by atoms with Gasteiger partial charge in [0, 0.05) is 33.1 Å². The van der Waals surface area contributed by atoms with Gasteiger partial charge in [-0.25, -0.2) is 8.42 Å². The van der Waals surface area contributed by atoms with Crippen molar-refractivity contribution in [3.05, 3.63) is 29.3 Å². The van der Waals surface area contributed by atoms with E-state index in [2.05, 4.69) is 12.2 Å². The standard InChI is InChI=1S/C20H31N3O3S.ClH/c1-3-21-15-17-6-12-23(13-7-17)27(25,26)20-5-4-18-8-10-22(16(2)24)11-9-19(18)14-20;/h4-5,14,17,21H,3,6-13,15H2,1-2H3;1H. The van der Waals surface area contributed by atoms with Crippen molar-refractivity contribution in [1.82, 2.24) is 14.5 Å². The summed E-state index contributed by atoms with van der Waals surface area (Å²) in [5, 5.41) is 3.36. The number of hydrogen-bond donors (Lipinski definition) is 1. The summed E-state index contributed by atoms with van der Waals surface area (Å²) in [6.45, 7) is 8.14. The van der Waals surface area contributed by atoms with Crippen LogP contribution in [0.2, 0.25) is 0 Å². The highest BCUT2D eigenvalue weighted by Gasteiger charge is 2.30. The number of hydrogen-bond acceptors (Lipinski definition) is 4. The molecule has 0 radical (unpaired) electrons. The minimum Gasteiger partial charge on any atom is -0.342 e. The van der Waals surface area contributed by atoms with Crippen LogP contribution in [0.1, 0.15) is 37.8 Å². The average Bonchev–Trinajstić information content (AvgIpc) is 2.89. The fourth-order valence-electron chi connectivity index (χ4n) is 4.03. The van der Waals surface area contributed by atoms with Crippen molar-refractivity contribution >= 4 is 28.3 Å². The number of nitrogens with zero attached hydrogens (tertiary/aromatic N) is 2. The Hall–Kier alpha value is -1.15. The first-order chi connectivity index (χ1) is 12.9. The molecule has 0 unspecified atom stereocenters. The van der Waals surface area contributed by atoms with Gasteiger partial charge in [0.15, 0.2) is 0 Å². The summed E-state index contributed by atoms with van der Waals surface area (Å²) < 4.78 is 27.8. The van der Waals surface area contributed by atoms with Crippen molar-refractivity contribution in [3.8, 4) is 0 Å². The van der Waals surface area contributed by atoms with E-state index in [0.717, 1.165) is 43.5 Å². The Labute approximate surface area is 175 Å². The molecule has 158 valence electrons. The van der Waals surface area contributed by atoms with E-state index in [1.165, 1.54) is 0 Å². The summed E-state index contributed by atoms with van der Waals surface area (Å²) in [6.07, 6.45) is 3.31. The molecule has 1 aromatic rings. The summed E-state index contributed by atoms with van der Waals surface area (Å²) in [7, 11) is -3.45. The fraction of sp³-hybridized carbons (Fsp3) is 0.650. The predicted octanol–water partition coefficient (Wildman–Crippen LogP) is 2.07. The van der Waals surface area contributed by atoms with Gasteiger partial charge in [-0.15, -0.1) is 12.4 Å². The van der Waals surface area contributed by atoms with E-state index in [1.807, 2.05) is 17.0 Å². The third kappa shape index (κ3) is 5.26. The van der Waals surface area contributed by atoms with Crippen molar-refractivity contribution in [3.63, 3.8) is 0 Å². The van der Waals surface area contributed by atoms with E-state index in [1.54, 1.807) is 17.3 Å². The fourth-order valence-corrected chi connectivity index (χ4v) is 5.55. The van der Waals surface area contributed by atoms with Gasteiger partial charge >= 0.3 is 0 Å². The van der Waals surface area contributed by atoms with Crippen LogP contribution in [0.25, 0.3) is 0 Å². The second-order valence-corrected chi connectivity index (χ2v) is 9.53. The number of rotatable bonds is 5. The van der Waals surface area contributed by atoms with Crippen molar-refractivity contribution in [1.29, 1.82) is 0 Å². The smallest absolute Gasteiger partial charge is 0.243 e. The minimum absolute atomic E-state index is 0. The van der Waals surface area contributed by atoms with E-state index in [-0.39, 0.29) is 18.3 Å². The first kappa shape index (κ1) is 23.1. The molecular weight excluding hydrogens is 398 g/mol. The van der Waals surface area contributed by atoms with Gasteiger partial charge in [0.25, 0.3) is 0 Å². The molecule has 1 fully saturated rings. The molecule has 0 aliphatic carbocycles. The molecule has 0 aromatic heterocycles. The second kappa shape index (κ2) is 10.1. The van der Waals surface area contributed by atoms with E-state index in [4.69, 9.17) is 0 Å². The number of fused-ring (bicyclic) bond motifs is 1. The van der Waals surface area contributed by atoms with Gasteiger partial charge in [0.1, 0.15) is 0 Å². The summed E-state index contributed by atoms with van der Waals surface area (Å²) >= 11 is 0. The molecule has 2 aliphatic rings. The quantitative estimate of drug-likeness (QED) is 0.777. The van der Waals surface area contributed by atoms with Gasteiger partial charge in [-0.1, -0.05) is 13.0 Å². The van der Waals surface area contributed by atoms with Crippen LogP contribution < -0.4 is 5.32 Å². The lowest BCUT2D eigenvalue weighted by Gasteiger charge is -2.31. The highest BCUT2D eigenvalue weighted by atomic mass is 35.5. The van der Waals surface area contributed by atoms with Crippen LogP contribution in [0.15, 0.2) is 23.1 Å². The van der Waals surface area contributed by atoms with Crippen LogP contribution in [0.3, 0.4) is 0 Å². The van der Waals surface area contributed by atoms with Crippen LogP contribution in [-0.2, 0) is 27.7 Å². The molecule has 1 aromatic carbocycles. The highest BCUT2D eigenvalue weighted by molar-refractivity contribution is 7.89. The maximum absolute atomic E-state index is 13.1. The molecule has 2 aliphatic heterocycles. The molecule has 0 bridgehead atoms. The Bertz CT molecular complexity index is 777. The molecule has 1 saturated heterocycles. The van der Waals surface area contributed by atoms with E-state index < -0.39 is 10.0 Å². The Morgan fingerprint density at radius 2 is 1.75 bits per heavy atom. The molecule has 1 N–H and O–H groups in total. The highest BCUT2D eigenvalue weighted by Crippen LogP contribution is 2.26. The normalized spacial score (nSPS) is 18.9. The Morgan fingerprint density at radius 1 is 1.11 bits per heavy atom. The lowest BCUT2D eigenvalue weighted by atomic mass is 9.98. The zero-order chi connectivity index (χ0) is 19.4. The Balaban J connectivity index is 0.00000280. The monoisotopic (exact) mass is 429 g/mol. The number of carbonyl (C=O) groups excluding carboxylic acids is 1. The topological polar surface area (TPSA) is 69.7 Å². The summed E-state index contributed by atoms with van der Waals surface area (Å²) in [4.78, 5) is 13.9. The Morgan fingerprint density at radius 3 is 2.36 bits per heavy atom. The molecular formula is C20H32ClN3O3S. The van der Waals surface area contributed by atoms with Gasteiger partial charge in [-0.3, -0.25) is 4.79 Å². The van der Waals surface area contributed by atoms with Crippen molar-refractivity contribution in [2.45, 2.75) is 44.4 Å². The zero-order valence-corrected chi connectivity index (χ0v) is 18.4. The van der Waals surface area contributed by atoms with E-state index in [9.17, 15) is 13.2 Å². The average molecular weight is 430 g/mol. The second-order valence-electron chi connectivity index (χ2n) is 7.59. The van der Waals surface area contributed by atoms with Gasteiger partial charge in [-0.2, -0.15) is 4.31 Å². The van der Waals surface area contributed by atoms with Crippen LogP contribution in [0, 0.1) is 5.92 Å². The lowest BCUT2D eigenvalue weighted by Crippen LogP contribution is -2.40. The number of sulfonamides is 1. The molecule has 8 heteroatoms. The van der Waals surface area contributed by atoms with Gasteiger partial charge in [-0.05, 0) is 68.0 Å². The lowest BCUT2D eigenvalue weighted by molar-refractivity contribution is -0.128. The first-order valence-corrected chi connectivity index (χ1v) is 11.4. The molecule has 0 atom stereocenters. The molecule has 1 amide bonds. The van der Waals surface area contributed by atoms with Crippen LogP contribution in [0.4, 0.5) is 0 Å². The summed E-state index contributed by atoms with van der Waals surface area (Å²) in [5.74, 6) is 0.636. The predicted molar refractivity (Wildman–Crippen MR) is 113 cm³/mol. The SMILES string of the molecule is CCNCC1CCN(S(=O)(=O)c2ccc3c(c2)CCN(C(C)=O)CC3)CC1.Cl. The maximum atomic E-state index is 13.1. The van der Waals surface area contributed by atoms with Crippen LogP contribution >= 0.6 is 12.4 Å². The number of piperidine rings is 1. The van der Waals surface area contributed by atoms with Crippen molar-refractivity contribution < 1.29 is 13.2 Å². The third-order valence-electron chi connectivity index (χ3n) is 5.82. The van der Waals surface area contributed by atoms with Crippen LogP contribution in [0.5, 0.6) is 0 Å². The minimum atomic E-state index is -3.45. The molecule has 0 saturated carbocycles. The van der Waals surface area contributed by atoms with Gasteiger partial charge in [0.05, 0.1) is 4.90 Å². The third-order valence-corrected chi connectivity index (χ3v) is 7.71. The molecule has 3 rings (SSSR count). The summed E-state index contributed by atoms with van der Waals surface area (Å²) in [5.41, 5.74) is 2.21. The number of benzene rings is 1. The molecule has 28 heavy (non-hydrogen) atoms. The number of nitrogens with one attached hydrogen (secondary N) is 1. The number of amides is 1. The van der Waals surface area contributed by atoms with E-state index >= 15 is 0 Å². The molecule has 6 nitrogen and oxygen atoms in total. The largest absolute Gasteiger partial charge is 0.342 e. The van der Waals surface area contributed by atoms with Crippen molar-refractivity contribution in [2.24, 2.45) is 5.92 Å². The molecule has 2 heterocycles. The van der Waals surface area contributed by atoms with E-state index in [0.29, 0.717) is 43.4 Å². The Kier molecular flexibility index (Phi) is 8.30. The maximum Gasteiger partial charge on any atom is 0.243 e. The van der Waals surface area contributed by atoms with Gasteiger partial charge < -0.3 is 10.2 Å². The zero-order valence-electron chi connectivity index (χ0n) is 16.8. The summed E-state index contributed by atoms with van der Waals surface area (Å²) in [6, 6.07) is 5.51. The number of carbonyl (C=O) groups is 1.